The quantitative estimate of drug-likeness (QED) is 0.114. The van der Waals surface area contributed by atoms with Crippen molar-refractivity contribution in [1.29, 1.82) is 0 Å². The minimum absolute atomic E-state index is 0.325. The summed E-state index contributed by atoms with van der Waals surface area (Å²) in [4.78, 5) is 0. The van der Waals surface area contributed by atoms with Gasteiger partial charge in [0.05, 0.1) is 0 Å². The third-order valence-electron chi connectivity index (χ3n) is 7.27. The first kappa shape index (κ1) is 28.7. The molecule has 5 aromatic carbocycles. The first-order chi connectivity index (χ1) is 20.6. The number of rotatable bonds is 12. The van der Waals surface area contributed by atoms with Gasteiger partial charge in [-0.3, -0.25) is 0 Å². The fourth-order valence-electron chi connectivity index (χ4n) is 5.30. The maximum atomic E-state index is 7.07. The van der Waals surface area contributed by atoms with Crippen molar-refractivity contribution in [1.82, 2.24) is 0 Å². The van der Waals surface area contributed by atoms with Crippen LogP contribution in [0.5, 0.6) is 11.5 Å². The highest BCUT2D eigenvalue weighted by Gasteiger charge is 2.39. The molecule has 1 unspecified atom stereocenters. The highest BCUT2D eigenvalue weighted by Crippen LogP contribution is 2.42. The number of benzene rings is 5. The number of hydrogen-bond acceptors (Lipinski definition) is 3. The molecular formula is C39H36O3. The van der Waals surface area contributed by atoms with Crippen LogP contribution in [0.25, 0.3) is 23.3 Å². The van der Waals surface area contributed by atoms with Gasteiger partial charge in [0.2, 0.25) is 0 Å². The van der Waals surface area contributed by atoms with Crippen molar-refractivity contribution in [3.8, 4) is 22.6 Å². The molecule has 0 bridgehead atoms. The fraction of sp³-hybridized carbons (Fsp3) is 0.128. The Hall–Kier alpha value is -4.86. The van der Waals surface area contributed by atoms with E-state index in [1.807, 2.05) is 74.5 Å². The van der Waals surface area contributed by atoms with Crippen molar-refractivity contribution in [2.45, 2.75) is 25.7 Å². The summed E-state index contributed by atoms with van der Waals surface area (Å²) in [7, 11) is 0. The maximum absolute atomic E-state index is 7.07. The smallest absolute Gasteiger partial charge is 0.196 e. The molecule has 0 N–H and O–H groups in total. The largest absolute Gasteiger partial charge is 0.473 e. The van der Waals surface area contributed by atoms with Crippen LogP contribution in [0.15, 0.2) is 141 Å². The predicted molar refractivity (Wildman–Crippen MR) is 174 cm³/mol. The summed E-state index contributed by atoms with van der Waals surface area (Å²) >= 11 is 0. The molecule has 0 fully saturated rings. The molecule has 0 aliphatic rings. The van der Waals surface area contributed by atoms with Gasteiger partial charge in [0.15, 0.2) is 11.9 Å². The van der Waals surface area contributed by atoms with E-state index in [2.05, 4.69) is 92.0 Å². The molecule has 0 amide bonds. The van der Waals surface area contributed by atoms with Crippen LogP contribution in [-0.4, -0.2) is 12.9 Å². The average molecular weight is 553 g/mol. The second-order valence-electron chi connectivity index (χ2n) is 9.96. The van der Waals surface area contributed by atoms with Crippen molar-refractivity contribution in [3.05, 3.63) is 168 Å². The van der Waals surface area contributed by atoms with Gasteiger partial charge < -0.3 is 14.2 Å². The lowest BCUT2D eigenvalue weighted by molar-refractivity contribution is -0.0613. The van der Waals surface area contributed by atoms with Crippen LogP contribution in [0.4, 0.5) is 0 Å². The van der Waals surface area contributed by atoms with Crippen molar-refractivity contribution in [3.63, 3.8) is 0 Å². The second kappa shape index (κ2) is 13.2. The van der Waals surface area contributed by atoms with Gasteiger partial charge in [-0.1, -0.05) is 128 Å². The zero-order valence-electron chi connectivity index (χ0n) is 24.2. The van der Waals surface area contributed by atoms with Crippen molar-refractivity contribution < 1.29 is 14.2 Å². The zero-order valence-corrected chi connectivity index (χ0v) is 24.2. The van der Waals surface area contributed by atoms with Crippen LogP contribution < -0.4 is 9.47 Å². The first-order valence-electron chi connectivity index (χ1n) is 14.3. The Kier molecular flexibility index (Phi) is 9.01. The van der Waals surface area contributed by atoms with Crippen LogP contribution >= 0.6 is 0 Å². The maximum Gasteiger partial charge on any atom is 0.196 e. The SMILES string of the molecule is C=Cc1cccc(OC(c2ccccc2)(c2ccccc2)c2ccc(-c3ccc(OC(C)OCC)cc3C=C)cc2)c1. The molecule has 0 saturated heterocycles. The molecule has 0 spiro atoms. The normalized spacial score (nSPS) is 11.9. The zero-order chi connectivity index (χ0) is 29.4. The van der Waals surface area contributed by atoms with Gasteiger partial charge >= 0.3 is 0 Å². The molecule has 5 rings (SSSR count). The molecule has 0 saturated carbocycles. The molecule has 3 nitrogen and oxygen atoms in total. The Morgan fingerprint density at radius 2 is 1.31 bits per heavy atom. The Labute approximate surface area is 249 Å². The van der Waals surface area contributed by atoms with Gasteiger partial charge in [0.1, 0.15) is 11.5 Å². The van der Waals surface area contributed by atoms with E-state index < -0.39 is 5.60 Å². The molecule has 3 heteroatoms. The number of hydrogen-bond donors (Lipinski definition) is 0. The highest BCUT2D eigenvalue weighted by atomic mass is 16.7. The third kappa shape index (κ3) is 6.07. The van der Waals surface area contributed by atoms with Crippen molar-refractivity contribution in [2.75, 3.05) is 6.61 Å². The van der Waals surface area contributed by atoms with E-state index >= 15 is 0 Å². The molecule has 0 aliphatic carbocycles. The molecule has 0 aromatic heterocycles. The average Bonchev–Trinajstić information content (AvgIpc) is 3.05. The molecule has 42 heavy (non-hydrogen) atoms. The van der Waals surface area contributed by atoms with Gasteiger partial charge in [-0.15, -0.1) is 0 Å². The van der Waals surface area contributed by atoms with Gasteiger partial charge in [-0.2, -0.15) is 0 Å². The molecule has 210 valence electrons. The molecule has 1 atom stereocenters. The van der Waals surface area contributed by atoms with E-state index in [-0.39, 0.29) is 6.29 Å². The third-order valence-corrected chi connectivity index (χ3v) is 7.27. The van der Waals surface area contributed by atoms with Crippen molar-refractivity contribution in [2.24, 2.45) is 0 Å². The Bertz CT molecular complexity index is 1580. The summed E-state index contributed by atoms with van der Waals surface area (Å²) in [5, 5.41) is 0. The lowest BCUT2D eigenvalue weighted by Gasteiger charge is -2.36. The molecular weight excluding hydrogens is 516 g/mol. The summed E-state index contributed by atoms with van der Waals surface area (Å²) < 4.78 is 18.5. The fourth-order valence-corrected chi connectivity index (χ4v) is 5.30. The lowest BCUT2D eigenvalue weighted by atomic mass is 9.79. The van der Waals surface area contributed by atoms with Gasteiger partial charge in [0.25, 0.3) is 0 Å². The van der Waals surface area contributed by atoms with E-state index in [1.54, 1.807) is 0 Å². The minimum atomic E-state index is -0.894. The van der Waals surface area contributed by atoms with Gasteiger partial charge in [-0.05, 0) is 60.4 Å². The molecule has 0 radical (unpaired) electrons. The van der Waals surface area contributed by atoms with E-state index in [0.29, 0.717) is 6.61 Å². The second-order valence-corrected chi connectivity index (χ2v) is 9.96. The van der Waals surface area contributed by atoms with E-state index in [4.69, 9.17) is 14.2 Å². The molecule has 0 aliphatic heterocycles. The van der Waals surface area contributed by atoms with Gasteiger partial charge in [0, 0.05) is 23.3 Å². The summed E-state index contributed by atoms with van der Waals surface area (Å²) in [5.74, 6) is 1.50. The summed E-state index contributed by atoms with van der Waals surface area (Å²) in [6.45, 7) is 12.4. The van der Waals surface area contributed by atoms with Gasteiger partial charge in [-0.25, -0.2) is 0 Å². The standard InChI is InChI=1S/C39H36O3/c1-5-30-15-14-20-37(27-30)42-39(33-16-10-8-11-17-33,34-18-12-9-13-19-34)35-23-21-32(22-24-35)38-26-25-36(28-31(38)6-2)41-29(4)40-7-3/h5-6,8-29H,1-2,7H2,3-4H3. The van der Waals surface area contributed by atoms with Crippen LogP contribution in [0, 0.1) is 0 Å². The van der Waals surface area contributed by atoms with E-state index in [9.17, 15) is 0 Å². The molecule has 5 aromatic rings. The van der Waals surface area contributed by atoms with E-state index in [0.717, 1.165) is 50.4 Å². The van der Waals surface area contributed by atoms with Crippen LogP contribution in [-0.2, 0) is 10.3 Å². The lowest BCUT2D eigenvalue weighted by Crippen LogP contribution is -2.36. The van der Waals surface area contributed by atoms with Crippen LogP contribution in [0.2, 0.25) is 0 Å². The van der Waals surface area contributed by atoms with Crippen molar-refractivity contribution >= 4 is 12.2 Å². The van der Waals surface area contributed by atoms with E-state index in [1.165, 1.54) is 0 Å². The highest BCUT2D eigenvalue weighted by molar-refractivity contribution is 5.76. The van der Waals surface area contributed by atoms with Crippen LogP contribution in [0.1, 0.15) is 41.7 Å². The Morgan fingerprint density at radius 1 is 0.667 bits per heavy atom. The van der Waals surface area contributed by atoms with Crippen LogP contribution in [0.3, 0.4) is 0 Å². The molecule has 0 heterocycles. The summed E-state index contributed by atoms with van der Waals surface area (Å²) in [6.07, 6.45) is 3.36. The Morgan fingerprint density at radius 3 is 1.90 bits per heavy atom. The number of ether oxygens (including phenoxy) is 3. The monoisotopic (exact) mass is 552 g/mol. The summed E-state index contributed by atoms with van der Waals surface area (Å²) in [5.41, 5.74) is 6.30. The summed E-state index contributed by atoms with van der Waals surface area (Å²) in [6, 6.07) is 43.4. The predicted octanol–water partition coefficient (Wildman–Crippen LogP) is 9.77. The Balaban J connectivity index is 1.61. The topological polar surface area (TPSA) is 27.7 Å². The minimum Gasteiger partial charge on any atom is -0.473 e. The first-order valence-corrected chi connectivity index (χ1v) is 14.3.